The summed E-state index contributed by atoms with van der Waals surface area (Å²) in [6, 6.07) is 5.23. The summed E-state index contributed by atoms with van der Waals surface area (Å²) >= 11 is 11.7. The van der Waals surface area contributed by atoms with E-state index < -0.39 is 0 Å². The fraction of sp³-hybridized carbons (Fsp3) is 0.500. The summed E-state index contributed by atoms with van der Waals surface area (Å²) in [5.74, 6) is 0.432. The van der Waals surface area contributed by atoms with Crippen molar-refractivity contribution in [3.63, 3.8) is 0 Å². The minimum absolute atomic E-state index is 0.0475. The summed E-state index contributed by atoms with van der Waals surface area (Å²) in [6.07, 6.45) is 1.05. The van der Waals surface area contributed by atoms with Crippen LogP contribution in [0.2, 0.25) is 10.0 Å². The Kier molecular flexibility index (Phi) is 5.27. The normalized spacial score (nSPS) is 20.9. The molecule has 0 aromatic heterocycles. The van der Waals surface area contributed by atoms with Crippen LogP contribution in [-0.2, 0) is 4.79 Å². The molecule has 1 aromatic rings. The standard InChI is InChI=1S/C14H19Cl2N3O/c1-9(17)10-4-5-19(7-10)8-14(20)18-11-2-3-12(15)13(16)6-11/h2-3,6,9-10H,4-5,7-8,17H2,1H3,(H,18,20). The van der Waals surface area contributed by atoms with Crippen LogP contribution in [0.5, 0.6) is 0 Å². The lowest BCUT2D eigenvalue weighted by molar-refractivity contribution is -0.117. The summed E-state index contributed by atoms with van der Waals surface area (Å²) < 4.78 is 0. The molecule has 0 bridgehead atoms. The molecule has 6 heteroatoms. The van der Waals surface area contributed by atoms with E-state index in [0.29, 0.717) is 28.2 Å². The first-order valence-corrected chi connectivity index (χ1v) is 7.44. The van der Waals surface area contributed by atoms with E-state index in [-0.39, 0.29) is 11.9 Å². The van der Waals surface area contributed by atoms with E-state index in [4.69, 9.17) is 28.9 Å². The van der Waals surface area contributed by atoms with Crippen molar-refractivity contribution in [2.45, 2.75) is 19.4 Å². The number of rotatable bonds is 4. The molecule has 3 N–H and O–H groups in total. The highest BCUT2D eigenvalue weighted by atomic mass is 35.5. The zero-order chi connectivity index (χ0) is 14.7. The van der Waals surface area contributed by atoms with Crippen molar-refractivity contribution in [2.75, 3.05) is 25.0 Å². The number of hydrogen-bond acceptors (Lipinski definition) is 3. The molecule has 1 amide bonds. The first-order chi connectivity index (χ1) is 9.45. The number of nitrogens with one attached hydrogen (secondary N) is 1. The SMILES string of the molecule is CC(N)C1CCN(CC(=O)Nc2ccc(Cl)c(Cl)c2)C1. The predicted octanol–water partition coefficient (Wildman–Crippen LogP) is 2.60. The van der Waals surface area contributed by atoms with Gasteiger partial charge in [0.1, 0.15) is 0 Å². The van der Waals surface area contributed by atoms with Crippen molar-refractivity contribution in [3.8, 4) is 0 Å². The summed E-state index contributed by atoms with van der Waals surface area (Å²) in [6.45, 7) is 4.20. The van der Waals surface area contributed by atoms with Crippen molar-refractivity contribution >= 4 is 34.8 Å². The molecular weight excluding hydrogens is 297 g/mol. The molecule has 110 valence electrons. The minimum Gasteiger partial charge on any atom is -0.328 e. The first kappa shape index (κ1) is 15.6. The van der Waals surface area contributed by atoms with Gasteiger partial charge in [0.05, 0.1) is 16.6 Å². The zero-order valence-corrected chi connectivity index (χ0v) is 12.9. The van der Waals surface area contributed by atoms with Crippen LogP contribution in [-0.4, -0.2) is 36.5 Å². The van der Waals surface area contributed by atoms with Crippen LogP contribution in [0.3, 0.4) is 0 Å². The number of halogens is 2. The van der Waals surface area contributed by atoms with Crippen molar-refractivity contribution in [2.24, 2.45) is 11.7 Å². The van der Waals surface area contributed by atoms with Gasteiger partial charge in [-0.15, -0.1) is 0 Å². The monoisotopic (exact) mass is 315 g/mol. The Balaban J connectivity index is 1.85. The second kappa shape index (κ2) is 6.76. The van der Waals surface area contributed by atoms with Crippen LogP contribution in [0.25, 0.3) is 0 Å². The van der Waals surface area contributed by atoms with Gasteiger partial charge in [-0.3, -0.25) is 9.69 Å². The quantitative estimate of drug-likeness (QED) is 0.898. The average Bonchev–Trinajstić information content (AvgIpc) is 2.82. The molecule has 1 heterocycles. The van der Waals surface area contributed by atoms with Gasteiger partial charge in [-0.2, -0.15) is 0 Å². The Bertz CT molecular complexity index is 493. The summed E-state index contributed by atoms with van der Waals surface area (Å²) in [5, 5.41) is 3.73. The highest BCUT2D eigenvalue weighted by Gasteiger charge is 2.26. The van der Waals surface area contributed by atoms with E-state index >= 15 is 0 Å². The highest BCUT2D eigenvalue weighted by molar-refractivity contribution is 6.42. The number of benzene rings is 1. The molecule has 4 nitrogen and oxygen atoms in total. The molecule has 1 aromatic carbocycles. The number of anilines is 1. The summed E-state index contributed by atoms with van der Waals surface area (Å²) in [7, 11) is 0. The molecule has 1 aliphatic rings. The fourth-order valence-corrected chi connectivity index (χ4v) is 2.71. The smallest absolute Gasteiger partial charge is 0.238 e. The lowest BCUT2D eigenvalue weighted by Crippen LogP contribution is -2.34. The van der Waals surface area contributed by atoms with E-state index in [0.717, 1.165) is 19.5 Å². The van der Waals surface area contributed by atoms with Gasteiger partial charge in [0.25, 0.3) is 0 Å². The van der Waals surface area contributed by atoms with Crippen LogP contribution < -0.4 is 11.1 Å². The Labute approximate surface area is 129 Å². The molecule has 0 aliphatic carbocycles. The number of amides is 1. The fourth-order valence-electron chi connectivity index (χ4n) is 2.41. The van der Waals surface area contributed by atoms with E-state index in [2.05, 4.69) is 10.2 Å². The Morgan fingerprint density at radius 1 is 1.50 bits per heavy atom. The molecule has 20 heavy (non-hydrogen) atoms. The Morgan fingerprint density at radius 2 is 2.25 bits per heavy atom. The maximum atomic E-state index is 12.0. The largest absolute Gasteiger partial charge is 0.328 e. The second-order valence-corrected chi connectivity index (χ2v) is 6.13. The van der Waals surface area contributed by atoms with Gasteiger partial charge in [0, 0.05) is 18.3 Å². The number of nitrogens with two attached hydrogens (primary N) is 1. The van der Waals surface area contributed by atoms with Gasteiger partial charge in [0.2, 0.25) is 5.91 Å². The van der Waals surface area contributed by atoms with Crippen LogP contribution in [0.4, 0.5) is 5.69 Å². The average molecular weight is 316 g/mol. The summed E-state index contributed by atoms with van der Waals surface area (Å²) in [4.78, 5) is 14.1. The molecule has 0 saturated carbocycles. The topological polar surface area (TPSA) is 58.4 Å². The molecule has 0 radical (unpaired) electrons. The lowest BCUT2D eigenvalue weighted by Gasteiger charge is -2.17. The molecule has 1 aliphatic heterocycles. The second-order valence-electron chi connectivity index (χ2n) is 5.32. The van der Waals surface area contributed by atoms with Crippen molar-refractivity contribution < 1.29 is 4.79 Å². The number of carbonyl (C=O) groups excluding carboxylic acids is 1. The molecule has 2 atom stereocenters. The number of carbonyl (C=O) groups is 1. The zero-order valence-electron chi connectivity index (χ0n) is 11.4. The van der Waals surface area contributed by atoms with Gasteiger partial charge in [-0.1, -0.05) is 23.2 Å². The predicted molar refractivity (Wildman–Crippen MR) is 83.3 cm³/mol. The van der Waals surface area contributed by atoms with Crippen LogP contribution in [0.15, 0.2) is 18.2 Å². The molecule has 2 rings (SSSR count). The number of likely N-dealkylation sites (tertiary alicyclic amines) is 1. The third-order valence-corrected chi connectivity index (χ3v) is 4.36. The highest BCUT2D eigenvalue weighted by Crippen LogP contribution is 2.25. The van der Waals surface area contributed by atoms with E-state index in [1.165, 1.54) is 0 Å². The number of nitrogens with zero attached hydrogens (tertiary/aromatic N) is 1. The van der Waals surface area contributed by atoms with Gasteiger partial charge in [-0.25, -0.2) is 0 Å². The summed E-state index contributed by atoms with van der Waals surface area (Å²) in [5.41, 5.74) is 6.55. The Morgan fingerprint density at radius 3 is 2.85 bits per heavy atom. The van der Waals surface area contributed by atoms with Gasteiger partial charge >= 0.3 is 0 Å². The first-order valence-electron chi connectivity index (χ1n) is 6.68. The van der Waals surface area contributed by atoms with Crippen molar-refractivity contribution in [1.29, 1.82) is 0 Å². The molecular formula is C14H19Cl2N3O. The van der Waals surface area contributed by atoms with Crippen LogP contribution in [0, 0.1) is 5.92 Å². The van der Waals surface area contributed by atoms with Crippen molar-refractivity contribution in [3.05, 3.63) is 28.2 Å². The van der Waals surface area contributed by atoms with Crippen LogP contribution >= 0.6 is 23.2 Å². The molecule has 2 unspecified atom stereocenters. The van der Waals surface area contributed by atoms with Crippen LogP contribution in [0.1, 0.15) is 13.3 Å². The Hall–Kier alpha value is -0.810. The maximum Gasteiger partial charge on any atom is 0.238 e. The van der Waals surface area contributed by atoms with E-state index in [1.54, 1.807) is 18.2 Å². The maximum absolute atomic E-state index is 12.0. The number of hydrogen-bond donors (Lipinski definition) is 2. The van der Waals surface area contributed by atoms with Gasteiger partial charge < -0.3 is 11.1 Å². The van der Waals surface area contributed by atoms with Crippen molar-refractivity contribution in [1.82, 2.24) is 4.90 Å². The van der Waals surface area contributed by atoms with E-state index in [1.807, 2.05) is 6.92 Å². The lowest BCUT2D eigenvalue weighted by atomic mass is 10.0. The molecule has 1 fully saturated rings. The third-order valence-electron chi connectivity index (χ3n) is 3.62. The van der Waals surface area contributed by atoms with Gasteiger partial charge in [0.15, 0.2) is 0 Å². The van der Waals surface area contributed by atoms with Gasteiger partial charge in [-0.05, 0) is 44.0 Å². The minimum atomic E-state index is -0.0475. The molecule has 0 spiro atoms. The third kappa shape index (κ3) is 4.09. The van der Waals surface area contributed by atoms with E-state index in [9.17, 15) is 4.79 Å². The molecule has 1 saturated heterocycles.